The topological polar surface area (TPSA) is 144 Å². The third kappa shape index (κ3) is 10.3. The van der Waals surface area contributed by atoms with Crippen LogP contribution in [0.3, 0.4) is 0 Å². The van der Waals surface area contributed by atoms with Gasteiger partial charge >= 0.3 is 19.8 Å². The van der Waals surface area contributed by atoms with Crippen LogP contribution in [0.2, 0.25) is 0 Å². The van der Waals surface area contributed by atoms with Crippen molar-refractivity contribution in [2.45, 2.75) is 27.1 Å². The molecule has 4 aromatic rings. The molecule has 0 bridgehead atoms. The number of rotatable bonds is 12. The average Bonchev–Trinajstić information content (AvgIpc) is 2.96. The van der Waals surface area contributed by atoms with E-state index in [1.165, 1.54) is 36.4 Å². The Labute approximate surface area is 238 Å². The number of anilines is 2. The van der Waals surface area contributed by atoms with Crippen LogP contribution in [0.25, 0.3) is 0 Å². The van der Waals surface area contributed by atoms with E-state index in [-0.39, 0.29) is 61.7 Å². The molecule has 16 heteroatoms. The largest absolute Gasteiger partial charge is 0.459 e. The Kier molecular flexibility index (Phi) is 12.0. The van der Waals surface area contributed by atoms with Gasteiger partial charge in [0.15, 0.2) is 23.3 Å². The predicted molar refractivity (Wildman–Crippen MR) is 144 cm³/mol. The summed E-state index contributed by atoms with van der Waals surface area (Å²) in [6.45, 7) is 3.67. The number of benzene rings is 2. The molecular weight excluding hydrogens is 583 g/mol. The van der Waals surface area contributed by atoms with Crippen LogP contribution >= 0.6 is 7.75 Å². The second-order valence-corrected chi connectivity index (χ2v) is 9.74. The van der Waals surface area contributed by atoms with E-state index in [1.807, 2.05) is 0 Å². The normalized spacial score (nSPS) is 10.9. The number of nitrogens with zero attached hydrogens (tertiary/aromatic N) is 4. The van der Waals surface area contributed by atoms with Gasteiger partial charge in [0, 0.05) is 0 Å². The molecule has 224 valence electrons. The first kappa shape index (κ1) is 32.2. The molecule has 42 heavy (non-hydrogen) atoms. The third-order valence-electron chi connectivity index (χ3n) is 4.87. The molecule has 0 unspecified atom stereocenters. The zero-order chi connectivity index (χ0) is 30.5. The molecule has 2 aromatic heterocycles. The van der Waals surface area contributed by atoms with E-state index >= 15 is 0 Å². The summed E-state index contributed by atoms with van der Waals surface area (Å²) in [5, 5.41) is 2.33. The quantitative estimate of drug-likeness (QED) is 0.147. The van der Waals surface area contributed by atoms with Crippen molar-refractivity contribution in [2.24, 2.45) is 0 Å². The molecule has 3 N–H and O–H groups in total. The van der Waals surface area contributed by atoms with Crippen LogP contribution in [0.1, 0.15) is 25.0 Å². The molecule has 0 aliphatic heterocycles. The van der Waals surface area contributed by atoms with Gasteiger partial charge in [-0.3, -0.25) is 14.1 Å². The van der Waals surface area contributed by atoms with E-state index in [0.717, 1.165) is 18.0 Å². The fourth-order valence-corrected chi connectivity index (χ4v) is 4.26. The monoisotopic (exact) mass is 610 g/mol. The number of ether oxygens (including phenoxy) is 2. The maximum Gasteiger partial charge on any atom is 0.433 e. The van der Waals surface area contributed by atoms with Gasteiger partial charge in [-0.05, 0) is 49.2 Å². The Morgan fingerprint density at radius 2 is 1.19 bits per heavy atom. The number of halogens is 4. The van der Waals surface area contributed by atoms with Gasteiger partial charge in [-0.15, -0.1) is 0 Å². The molecule has 0 spiro atoms. The van der Waals surface area contributed by atoms with Crippen LogP contribution in [0.4, 0.5) is 29.2 Å². The minimum atomic E-state index is -3.75. The second-order valence-electron chi connectivity index (χ2n) is 8.01. The highest BCUT2D eigenvalue weighted by Crippen LogP contribution is 2.47. The van der Waals surface area contributed by atoms with Crippen LogP contribution in [-0.2, 0) is 26.8 Å². The van der Waals surface area contributed by atoms with E-state index in [2.05, 4.69) is 25.0 Å². The molecule has 0 fully saturated rings. The van der Waals surface area contributed by atoms with Gasteiger partial charge in [0.1, 0.15) is 24.8 Å². The summed E-state index contributed by atoms with van der Waals surface area (Å²) in [5.41, 5.74) is 6.68. The smallest absolute Gasteiger partial charge is 0.433 e. The van der Waals surface area contributed by atoms with E-state index < -0.39 is 19.4 Å². The zero-order valence-electron chi connectivity index (χ0n) is 22.5. The number of nitrogens with one attached hydrogen (secondary N) is 1. The van der Waals surface area contributed by atoms with Crippen molar-refractivity contribution in [3.8, 4) is 12.0 Å². The molecule has 0 aliphatic carbocycles. The molecule has 2 heterocycles. The van der Waals surface area contributed by atoms with Crippen LogP contribution < -0.4 is 20.3 Å². The summed E-state index contributed by atoms with van der Waals surface area (Å²) in [6, 6.07) is 11.3. The second kappa shape index (κ2) is 15.6. The lowest BCUT2D eigenvalue weighted by atomic mass is 10.2. The van der Waals surface area contributed by atoms with Gasteiger partial charge in [-0.25, -0.2) is 32.1 Å². The lowest BCUT2D eigenvalue weighted by molar-refractivity contribution is 0.224. The summed E-state index contributed by atoms with van der Waals surface area (Å²) >= 11 is 0. The highest BCUT2D eigenvalue weighted by atomic mass is 31.2. The number of nitrogens with two attached hydrogens (primary N) is 1. The molecule has 0 atom stereocenters. The van der Waals surface area contributed by atoms with E-state index in [1.54, 1.807) is 26.0 Å². The minimum Gasteiger partial charge on any atom is -0.459 e. The van der Waals surface area contributed by atoms with Crippen molar-refractivity contribution in [2.75, 3.05) is 24.0 Å². The Hall–Kier alpha value is -4.33. The van der Waals surface area contributed by atoms with Crippen molar-refractivity contribution in [3.63, 3.8) is 0 Å². The van der Waals surface area contributed by atoms with Gasteiger partial charge in [0.25, 0.3) is 0 Å². The third-order valence-corrected chi connectivity index (χ3v) is 6.56. The van der Waals surface area contributed by atoms with Crippen molar-refractivity contribution in [1.29, 1.82) is 0 Å². The highest BCUT2D eigenvalue weighted by molar-refractivity contribution is 7.55. The van der Waals surface area contributed by atoms with Gasteiger partial charge in [-0.2, -0.15) is 9.97 Å². The Morgan fingerprint density at radius 3 is 1.64 bits per heavy atom. The molecule has 4 rings (SSSR count). The van der Waals surface area contributed by atoms with E-state index in [0.29, 0.717) is 5.56 Å². The number of aromatic nitrogens is 4. The SMILES string of the molecule is CCOP(=O)(Nc1nc(OCc2ccc(F)cc2)ncc1F)OCC.Nc1nc(OCc2ccc(F)cc2)ncc1F. The first-order valence-corrected chi connectivity index (χ1v) is 13.9. The Bertz CT molecular complexity index is 1480. The number of hydrogen-bond donors (Lipinski definition) is 2. The van der Waals surface area contributed by atoms with Crippen LogP contribution in [0.5, 0.6) is 12.0 Å². The summed E-state index contributed by atoms with van der Waals surface area (Å²) in [6.07, 6.45) is 1.81. The van der Waals surface area contributed by atoms with Crippen LogP contribution in [-0.4, -0.2) is 33.1 Å². The summed E-state index contributed by atoms with van der Waals surface area (Å²) < 4.78 is 85.1. The fourth-order valence-electron chi connectivity index (χ4n) is 2.96. The molecule has 0 saturated heterocycles. The van der Waals surface area contributed by atoms with Gasteiger partial charge < -0.3 is 15.2 Å². The maximum absolute atomic E-state index is 13.9. The van der Waals surface area contributed by atoms with Crippen LogP contribution in [0, 0.1) is 23.3 Å². The predicted octanol–water partition coefficient (Wildman–Crippen LogP) is 5.84. The fraction of sp³-hybridized carbons (Fsp3) is 0.231. The standard InChI is InChI=1S/C15H18F2N3O4P.C11H9F2N3O/c1-3-23-25(21,24-4-2)20-14-13(17)9-18-15(19-14)22-10-11-5-7-12(16)8-6-11;12-8-3-1-7(2-4-8)6-17-11-15-5-9(13)10(14)16-11/h5-9H,3-4,10H2,1-2H3,(H,18,19,20,21);1-5H,6H2,(H2,14,15,16). The molecule has 0 saturated carbocycles. The summed E-state index contributed by atoms with van der Waals surface area (Å²) in [7, 11) is -3.75. The van der Waals surface area contributed by atoms with Crippen molar-refractivity contribution in [1.82, 2.24) is 19.9 Å². The zero-order valence-corrected chi connectivity index (χ0v) is 23.4. The van der Waals surface area contributed by atoms with Crippen molar-refractivity contribution < 1.29 is 40.6 Å². The Morgan fingerprint density at radius 1 is 0.738 bits per heavy atom. The molecular formula is C26H27F4N6O5P. The first-order valence-electron chi connectivity index (χ1n) is 12.3. The minimum absolute atomic E-state index is 0.0202. The molecule has 0 radical (unpaired) electrons. The Balaban J connectivity index is 0.000000247. The number of nitrogen functional groups attached to an aromatic ring is 1. The lowest BCUT2D eigenvalue weighted by Crippen LogP contribution is -2.09. The van der Waals surface area contributed by atoms with Gasteiger partial charge in [0.05, 0.1) is 25.6 Å². The highest BCUT2D eigenvalue weighted by Gasteiger charge is 2.26. The first-order chi connectivity index (χ1) is 20.1. The lowest BCUT2D eigenvalue weighted by Gasteiger charge is -2.18. The van der Waals surface area contributed by atoms with Crippen LogP contribution in [0.15, 0.2) is 60.9 Å². The average molecular weight is 611 g/mol. The molecule has 0 amide bonds. The maximum atomic E-state index is 13.9. The van der Waals surface area contributed by atoms with Crippen molar-refractivity contribution in [3.05, 3.63) is 95.3 Å². The van der Waals surface area contributed by atoms with Crippen molar-refractivity contribution >= 4 is 19.4 Å². The molecule has 2 aromatic carbocycles. The number of hydrogen-bond acceptors (Lipinski definition) is 10. The van der Waals surface area contributed by atoms with Gasteiger partial charge in [-0.1, -0.05) is 24.3 Å². The van der Waals surface area contributed by atoms with E-state index in [9.17, 15) is 22.1 Å². The van der Waals surface area contributed by atoms with Gasteiger partial charge in [0.2, 0.25) is 0 Å². The summed E-state index contributed by atoms with van der Waals surface area (Å²) in [4.78, 5) is 14.7. The van der Waals surface area contributed by atoms with E-state index in [4.69, 9.17) is 24.3 Å². The molecule has 0 aliphatic rings. The molecule has 11 nitrogen and oxygen atoms in total. The summed E-state index contributed by atoms with van der Waals surface area (Å²) in [5.74, 6) is -2.86.